The molecule has 2 N–H and O–H groups in total. The summed E-state index contributed by atoms with van der Waals surface area (Å²) in [6.45, 7) is 9.44. The van der Waals surface area contributed by atoms with Crippen LogP contribution in [0.25, 0.3) is 0 Å². The van der Waals surface area contributed by atoms with Gasteiger partial charge in [0.25, 0.3) is 0 Å². The highest BCUT2D eigenvalue weighted by molar-refractivity contribution is 5.95. The zero-order valence-electron chi connectivity index (χ0n) is 17.0. The highest BCUT2D eigenvalue weighted by Gasteiger charge is 2.25. The molecule has 1 aromatic rings. The summed E-state index contributed by atoms with van der Waals surface area (Å²) in [5.41, 5.74) is 1.27. The van der Waals surface area contributed by atoms with Gasteiger partial charge < -0.3 is 20.3 Å². The van der Waals surface area contributed by atoms with E-state index in [-0.39, 0.29) is 43.0 Å². The van der Waals surface area contributed by atoms with Crippen molar-refractivity contribution in [1.82, 2.24) is 9.80 Å². The number of likely N-dealkylation sites (N-methyl/N-ethyl adjacent to an activating group) is 1. The van der Waals surface area contributed by atoms with E-state index in [1.807, 2.05) is 20.8 Å². The third-order valence-electron chi connectivity index (χ3n) is 4.41. The van der Waals surface area contributed by atoms with Gasteiger partial charge in [-0.15, -0.1) is 0 Å². The van der Waals surface area contributed by atoms with Crippen LogP contribution in [0.5, 0.6) is 0 Å². The number of nitrogens with one attached hydrogen (secondary N) is 2. The summed E-state index contributed by atoms with van der Waals surface area (Å²) in [6.07, 6.45) is 0.186. The van der Waals surface area contributed by atoms with Gasteiger partial charge in [0.15, 0.2) is 0 Å². The van der Waals surface area contributed by atoms with E-state index in [0.717, 1.165) is 0 Å². The SMILES string of the molecule is CCN(CC(=O)Nc1ccc(NC(C)=O)cc1)C(=O)CN1C[C@H](C)O[C@@H](C)C1. The zero-order valence-corrected chi connectivity index (χ0v) is 17.0. The Kier molecular flexibility index (Phi) is 7.95. The molecule has 28 heavy (non-hydrogen) atoms. The lowest BCUT2D eigenvalue weighted by Crippen LogP contribution is -2.50. The molecule has 1 heterocycles. The molecule has 1 fully saturated rings. The van der Waals surface area contributed by atoms with Crippen LogP contribution < -0.4 is 10.6 Å². The number of hydrogen-bond acceptors (Lipinski definition) is 5. The lowest BCUT2D eigenvalue weighted by molar-refractivity contribution is -0.138. The normalized spacial score (nSPS) is 19.7. The molecule has 0 unspecified atom stereocenters. The Hall–Kier alpha value is -2.45. The van der Waals surface area contributed by atoms with Crippen LogP contribution >= 0.6 is 0 Å². The Balaban J connectivity index is 1.86. The van der Waals surface area contributed by atoms with Crippen molar-refractivity contribution in [3.05, 3.63) is 24.3 Å². The molecule has 0 bridgehead atoms. The van der Waals surface area contributed by atoms with E-state index in [4.69, 9.17) is 4.74 Å². The number of morpholine rings is 1. The first kappa shape index (κ1) is 21.8. The van der Waals surface area contributed by atoms with Gasteiger partial charge in [0.2, 0.25) is 17.7 Å². The van der Waals surface area contributed by atoms with E-state index in [0.29, 0.717) is 31.0 Å². The number of carbonyl (C=O) groups excluding carboxylic acids is 3. The van der Waals surface area contributed by atoms with Crippen molar-refractivity contribution < 1.29 is 19.1 Å². The fourth-order valence-corrected chi connectivity index (χ4v) is 3.30. The molecule has 3 amide bonds. The smallest absolute Gasteiger partial charge is 0.243 e. The summed E-state index contributed by atoms with van der Waals surface area (Å²) >= 11 is 0. The molecule has 1 aliphatic rings. The van der Waals surface area contributed by atoms with Gasteiger partial charge in [0.05, 0.1) is 25.3 Å². The highest BCUT2D eigenvalue weighted by atomic mass is 16.5. The first-order chi connectivity index (χ1) is 13.3. The van der Waals surface area contributed by atoms with Crippen LogP contribution in [0, 0.1) is 0 Å². The maximum absolute atomic E-state index is 12.6. The van der Waals surface area contributed by atoms with Gasteiger partial charge in [-0.3, -0.25) is 19.3 Å². The lowest BCUT2D eigenvalue weighted by Gasteiger charge is -2.35. The van der Waals surface area contributed by atoms with E-state index in [2.05, 4.69) is 15.5 Å². The standard InChI is InChI=1S/C20H30N4O4/c1-5-24(20(27)13-23-10-14(2)28-15(3)11-23)12-19(26)22-18-8-6-17(7-9-18)21-16(4)25/h6-9,14-15H,5,10-13H2,1-4H3,(H,21,25)(H,22,26)/t14-,15-/m0/s1. The maximum Gasteiger partial charge on any atom is 0.243 e. The number of amides is 3. The second-order valence-corrected chi connectivity index (χ2v) is 7.17. The molecule has 2 rings (SSSR count). The molecule has 0 spiro atoms. The Morgan fingerprint density at radius 1 is 1.07 bits per heavy atom. The number of carbonyl (C=O) groups is 3. The van der Waals surface area contributed by atoms with Gasteiger partial charge in [-0.25, -0.2) is 0 Å². The number of anilines is 2. The maximum atomic E-state index is 12.6. The van der Waals surface area contributed by atoms with E-state index >= 15 is 0 Å². The summed E-state index contributed by atoms with van der Waals surface area (Å²) in [5.74, 6) is -0.482. The van der Waals surface area contributed by atoms with Crippen LogP contribution in [0.3, 0.4) is 0 Å². The first-order valence-corrected chi connectivity index (χ1v) is 9.60. The topological polar surface area (TPSA) is 91.0 Å². The Bertz CT molecular complexity index is 682. The van der Waals surface area contributed by atoms with Crippen LogP contribution in [-0.4, -0.2) is 72.5 Å². The number of hydrogen-bond donors (Lipinski definition) is 2. The molecule has 1 saturated heterocycles. The van der Waals surface area contributed by atoms with E-state index in [1.165, 1.54) is 6.92 Å². The molecule has 0 aromatic heterocycles. The number of ether oxygens (including phenoxy) is 1. The molecule has 2 atom stereocenters. The van der Waals surface area contributed by atoms with Gasteiger partial charge in [-0.2, -0.15) is 0 Å². The van der Waals surface area contributed by atoms with E-state index in [1.54, 1.807) is 29.2 Å². The van der Waals surface area contributed by atoms with Gasteiger partial charge in [-0.1, -0.05) is 0 Å². The van der Waals surface area contributed by atoms with Gasteiger partial charge in [0.1, 0.15) is 0 Å². The van der Waals surface area contributed by atoms with Crippen molar-refractivity contribution in [3.8, 4) is 0 Å². The second kappa shape index (κ2) is 10.2. The summed E-state index contributed by atoms with van der Waals surface area (Å²) in [7, 11) is 0. The quantitative estimate of drug-likeness (QED) is 0.737. The van der Waals surface area contributed by atoms with Crippen molar-refractivity contribution in [2.45, 2.75) is 39.9 Å². The fourth-order valence-electron chi connectivity index (χ4n) is 3.30. The monoisotopic (exact) mass is 390 g/mol. The molecule has 8 heteroatoms. The van der Waals surface area contributed by atoms with Crippen molar-refractivity contribution >= 4 is 29.1 Å². The molecule has 1 aliphatic heterocycles. The van der Waals surface area contributed by atoms with Crippen LogP contribution in [0.1, 0.15) is 27.7 Å². The first-order valence-electron chi connectivity index (χ1n) is 9.60. The van der Waals surface area contributed by atoms with Crippen molar-refractivity contribution in [3.63, 3.8) is 0 Å². The average molecular weight is 390 g/mol. The Morgan fingerprint density at radius 3 is 2.11 bits per heavy atom. The number of nitrogens with zero attached hydrogens (tertiary/aromatic N) is 2. The molecular formula is C20H30N4O4. The van der Waals surface area contributed by atoms with Crippen molar-refractivity contribution in [1.29, 1.82) is 0 Å². The molecule has 8 nitrogen and oxygen atoms in total. The van der Waals surface area contributed by atoms with Crippen LogP contribution in [-0.2, 0) is 19.1 Å². The number of rotatable bonds is 7. The number of benzene rings is 1. The lowest BCUT2D eigenvalue weighted by atomic mass is 10.2. The minimum atomic E-state index is -0.258. The molecule has 0 aliphatic carbocycles. The summed E-state index contributed by atoms with van der Waals surface area (Å²) in [6, 6.07) is 6.83. The third-order valence-corrected chi connectivity index (χ3v) is 4.41. The van der Waals surface area contributed by atoms with E-state index in [9.17, 15) is 14.4 Å². The Labute approximate surface area is 166 Å². The predicted molar refractivity (Wildman–Crippen MR) is 108 cm³/mol. The molecule has 0 saturated carbocycles. The molecule has 154 valence electrons. The zero-order chi connectivity index (χ0) is 20.7. The largest absolute Gasteiger partial charge is 0.373 e. The predicted octanol–water partition coefficient (Wildman–Crippen LogP) is 1.54. The Morgan fingerprint density at radius 2 is 1.61 bits per heavy atom. The average Bonchev–Trinajstić information content (AvgIpc) is 2.60. The van der Waals surface area contributed by atoms with Crippen LogP contribution in [0.2, 0.25) is 0 Å². The third kappa shape index (κ3) is 6.94. The van der Waals surface area contributed by atoms with E-state index < -0.39 is 0 Å². The van der Waals surface area contributed by atoms with Crippen molar-refractivity contribution in [2.24, 2.45) is 0 Å². The molecule has 1 aromatic carbocycles. The van der Waals surface area contributed by atoms with Gasteiger partial charge >= 0.3 is 0 Å². The minimum absolute atomic E-state index is 0.00176. The summed E-state index contributed by atoms with van der Waals surface area (Å²) in [4.78, 5) is 39.6. The minimum Gasteiger partial charge on any atom is -0.373 e. The fraction of sp³-hybridized carbons (Fsp3) is 0.550. The summed E-state index contributed by atoms with van der Waals surface area (Å²) < 4.78 is 5.69. The highest BCUT2D eigenvalue weighted by Crippen LogP contribution is 2.14. The van der Waals surface area contributed by atoms with Crippen LogP contribution in [0.4, 0.5) is 11.4 Å². The molecule has 0 radical (unpaired) electrons. The summed E-state index contributed by atoms with van der Waals surface area (Å²) in [5, 5.41) is 5.45. The van der Waals surface area contributed by atoms with Gasteiger partial charge in [-0.05, 0) is 45.0 Å². The van der Waals surface area contributed by atoms with Crippen LogP contribution in [0.15, 0.2) is 24.3 Å². The van der Waals surface area contributed by atoms with Crippen molar-refractivity contribution in [2.75, 3.05) is 43.4 Å². The second-order valence-electron chi connectivity index (χ2n) is 7.17. The molecular weight excluding hydrogens is 360 g/mol. The van der Waals surface area contributed by atoms with Gasteiger partial charge in [0, 0.05) is 37.9 Å².